The highest BCUT2D eigenvalue weighted by molar-refractivity contribution is 7.99. The van der Waals surface area contributed by atoms with Crippen molar-refractivity contribution in [3.8, 4) is 0 Å². The molecule has 2 rings (SSSR count). The number of thioether (sulfide) groups is 1. The number of aryl methyl sites for hydroxylation is 2. The highest BCUT2D eigenvalue weighted by Gasteiger charge is 2.38. The summed E-state index contributed by atoms with van der Waals surface area (Å²) < 4.78 is 37.7. The third-order valence-electron chi connectivity index (χ3n) is 5.65. The predicted molar refractivity (Wildman–Crippen MR) is 118 cm³/mol. The van der Waals surface area contributed by atoms with E-state index >= 15 is 0 Å². The molecule has 0 radical (unpaired) electrons. The van der Waals surface area contributed by atoms with E-state index in [4.69, 9.17) is 0 Å². The summed E-state index contributed by atoms with van der Waals surface area (Å²) in [5, 5.41) is 28.1. The number of rotatable bonds is 10. The molecule has 7 heteroatoms. The van der Waals surface area contributed by atoms with Crippen LogP contribution in [0.2, 0.25) is 0 Å². The van der Waals surface area contributed by atoms with E-state index in [0.717, 1.165) is 57.3 Å². The first-order chi connectivity index (χ1) is 14.5. The lowest BCUT2D eigenvalue weighted by Gasteiger charge is -2.27. The van der Waals surface area contributed by atoms with E-state index < -0.39 is 18.0 Å². The molecular formula is C24H31F3O3S. The van der Waals surface area contributed by atoms with Gasteiger partial charge in [-0.05, 0) is 58.6 Å². The molecule has 0 saturated carbocycles. The van der Waals surface area contributed by atoms with Crippen molar-refractivity contribution in [1.82, 2.24) is 0 Å². The van der Waals surface area contributed by atoms with Crippen molar-refractivity contribution in [3.05, 3.63) is 64.2 Å². The number of halogens is 3. The van der Waals surface area contributed by atoms with Gasteiger partial charge >= 0.3 is 6.18 Å². The fourth-order valence-electron chi connectivity index (χ4n) is 3.42. The Bertz CT molecular complexity index is 866. The van der Waals surface area contributed by atoms with E-state index in [2.05, 4.69) is 19.9 Å². The highest BCUT2D eigenvalue weighted by atomic mass is 32.2. The molecule has 0 bridgehead atoms. The van der Waals surface area contributed by atoms with Crippen molar-refractivity contribution < 1.29 is 28.5 Å². The molecular weight excluding hydrogens is 425 g/mol. The molecule has 0 spiro atoms. The van der Waals surface area contributed by atoms with Gasteiger partial charge in [0.25, 0.3) is 0 Å². The molecule has 2 aromatic carbocycles. The molecule has 172 valence electrons. The maximum absolute atomic E-state index is 12.6. The third kappa shape index (κ3) is 6.97. The van der Waals surface area contributed by atoms with Crippen molar-refractivity contribution in [2.45, 2.75) is 75.8 Å². The Morgan fingerprint density at radius 2 is 1.61 bits per heavy atom. The largest absolute Gasteiger partial charge is 0.415 e. The molecule has 1 atom stereocenters. The minimum absolute atomic E-state index is 0.105. The third-order valence-corrected chi connectivity index (χ3v) is 6.84. The van der Waals surface area contributed by atoms with Crippen LogP contribution in [-0.4, -0.2) is 33.4 Å². The number of hydrogen-bond acceptors (Lipinski definition) is 4. The number of alkyl halides is 3. The summed E-state index contributed by atoms with van der Waals surface area (Å²) in [6.45, 7) is 6.02. The maximum atomic E-state index is 12.6. The van der Waals surface area contributed by atoms with Crippen LogP contribution in [0, 0.1) is 0 Å². The molecule has 0 fully saturated rings. The van der Waals surface area contributed by atoms with Crippen LogP contribution in [0.5, 0.6) is 0 Å². The summed E-state index contributed by atoms with van der Waals surface area (Å²) in [4.78, 5) is 0.762. The van der Waals surface area contributed by atoms with E-state index in [0.29, 0.717) is 6.42 Å². The van der Waals surface area contributed by atoms with Crippen molar-refractivity contribution in [2.75, 3.05) is 5.75 Å². The van der Waals surface area contributed by atoms with Gasteiger partial charge in [0, 0.05) is 10.6 Å². The Balaban J connectivity index is 2.12. The van der Waals surface area contributed by atoms with E-state index in [1.165, 1.54) is 0 Å². The monoisotopic (exact) mass is 456 g/mol. The molecule has 0 heterocycles. The topological polar surface area (TPSA) is 60.7 Å². The van der Waals surface area contributed by atoms with Gasteiger partial charge in [-0.25, -0.2) is 0 Å². The Kier molecular flexibility index (Phi) is 9.01. The summed E-state index contributed by atoms with van der Waals surface area (Å²) >= 11 is 1.03. The second-order valence-corrected chi connectivity index (χ2v) is 9.41. The standard InChI is InChI=1S/C24H31F3O3S/c1-4-17-12-20(7-8-21(17)31-15-22(30)24(25,26)27)23(2,3)10-9-16-5-6-18(13-28)19(11-16)14-29/h5-8,11-12,22,28-30H,4,9-10,13-15H2,1-3H3. The summed E-state index contributed by atoms with van der Waals surface area (Å²) in [6.07, 6.45) is -4.61. The quantitative estimate of drug-likeness (QED) is 0.432. The molecule has 0 aliphatic carbocycles. The fourth-order valence-corrected chi connectivity index (χ4v) is 4.50. The van der Waals surface area contributed by atoms with Crippen LogP contribution in [0.25, 0.3) is 0 Å². The summed E-state index contributed by atoms with van der Waals surface area (Å²) in [5.41, 5.74) is 4.46. The van der Waals surface area contributed by atoms with Gasteiger partial charge in [0.2, 0.25) is 0 Å². The van der Waals surface area contributed by atoms with Crippen LogP contribution in [-0.2, 0) is 31.5 Å². The molecule has 0 aliphatic rings. The molecule has 3 nitrogen and oxygen atoms in total. The molecule has 2 aromatic rings. The fraction of sp³-hybridized carbons (Fsp3) is 0.500. The average molecular weight is 457 g/mol. The van der Waals surface area contributed by atoms with E-state index in [1.807, 2.05) is 37.3 Å². The van der Waals surface area contributed by atoms with Crippen LogP contribution < -0.4 is 0 Å². The predicted octanol–water partition coefficient (Wildman–Crippen LogP) is 5.16. The van der Waals surface area contributed by atoms with Crippen molar-refractivity contribution in [1.29, 1.82) is 0 Å². The number of aliphatic hydroxyl groups excluding tert-OH is 3. The molecule has 3 N–H and O–H groups in total. The number of aliphatic hydroxyl groups is 3. The van der Waals surface area contributed by atoms with E-state index in [-0.39, 0.29) is 18.6 Å². The number of hydrogen-bond donors (Lipinski definition) is 3. The maximum Gasteiger partial charge on any atom is 0.415 e. The minimum Gasteiger partial charge on any atom is -0.392 e. The van der Waals surface area contributed by atoms with Gasteiger partial charge in [0.05, 0.1) is 13.2 Å². The van der Waals surface area contributed by atoms with Crippen LogP contribution in [0.1, 0.15) is 55.0 Å². The van der Waals surface area contributed by atoms with E-state index in [9.17, 15) is 28.5 Å². The Labute approximate surface area is 186 Å². The second-order valence-electron chi connectivity index (χ2n) is 8.35. The van der Waals surface area contributed by atoms with Crippen LogP contribution in [0.15, 0.2) is 41.3 Å². The van der Waals surface area contributed by atoms with Crippen LogP contribution >= 0.6 is 11.8 Å². The van der Waals surface area contributed by atoms with Crippen molar-refractivity contribution in [3.63, 3.8) is 0 Å². The lowest BCUT2D eigenvalue weighted by Crippen LogP contribution is -2.30. The summed E-state index contributed by atoms with van der Waals surface area (Å²) in [5.74, 6) is -0.420. The molecule has 0 saturated heterocycles. The van der Waals surface area contributed by atoms with Crippen molar-refractivity contribution in [2.24, 2.45) is 0 Å². The lowest BCUT2D eigenvalue weighted by molar-refractivity contribution is -0.195. The SMILES string of the molecule is CCc1cc(C(C)(C)CCc2ccc(CO)c(CO)c2)ccc1SCC(O)C(F)(F)F. The zero-order chi connectivity index (χ0) is 23.2. The van der Waals surface area contributed by atoms with Crippen LogP contribution in [0.3, 0.4) is 0 Å². The first kappa shape index (κ1) is 25.7. The first-order valence-corrected chi connectivity index (χ1v) is 11.3. The minimum atomic E-state index is -4.60. The zero-order valence-corrected chi connectivity index (χ0v) is 19.0. The summed E-state index contributed by atoms with van der Waals surface area (Å²) in [7, 11) is 0. The highest BCUT2D eigenvalue weighted by Crippen LogP contribution is 2.34. The molecule has 0 aromatic heterocycles. The average Bonchev–Trinajstić information content (AvgIpc) is 2.74. The van der Waals surface area contributed by atoms with Crippen molar-refractivity contribution >= 4 is 11.8 Å². The zero-order valence-electron chi connectivity index (χ0n) is 18.2. The Morgan fingerprint density at radius 1 is 0.935 bits per heavy atom. The van der Waals surface area contributed by atoms with Gasteiger partial charge in [-0.3, -0.25) is 0 Å². The summed E-state index contributed by atoms with van der Waals surface area (Å²) in [6, 6.07) is 11.6. The lowest BCUT2D eigenvalue weighted by atomic mass is 9.79. The van der Waals surface area contributed by atoms with Gasteiger partial charge in [0.15, 0.2) is 6.10 Å². The molecule has 1 unspecified atom stereocenters. The smallest absolute Gasteiger partial charge is 0.392 e. The molecule has 31 heavy (non-hydrogen) atoms. The van der Waals surface area contributed by atoms with Gasteiger partial charge < -0.3 is 15.3 Å². The van der Waals surface area contributed by atoms with E-state index in [1.54, 1.807) is 0 Å². The Hall–Kier alpha value is -1.54. The molecule has 0 amide bonds. The van der Waals surface area contributed by atoms with Gasteiger partial charge in [-0.15, -0.1) is 11.8 Å². The van der Waals surface area contributed by atoms with Gasteiger partial charge in [-0.1, -0.05) is 51.1 Å². The molecule has 0 aliphatic heterocycles. The Morgan fingerprint density at radius 3 is 2.19 bits per heavy atom. The second kappa shape index (κ2) is 10.9. The van der Waals surface area contributed by atoms with Gasteiger partial charge in [-0.2, -0.15) is 13.2 Å². The number of benzene rings is 2. The van der Waals surface area contributed by atoms with Crippen LogP contribution in [0.4, 0.5) is 13.2 Å². The normalized spacial score (nSPS) is 13.5. The first-order valence-electron chi connectivity index (χ1n) is 10.3. The van der Waals surface area contributed by atoms with Gasteiger partial charge in [0.1, 0.15) is 0 Å².